The Kier molecular flexibility index (Phi) is 6.17. The molecule has 6 nitrogen and oxygen atoms in total. The summed E-state index contributed by atoms with van der Waals surface area (Å²) in [5.41, 5.74) is 1.47. The average molecular weight is 341 g/mol. The van der Waals surface area contributed by atoms with Crippen LogP contribution in [0.25, 0.3) is 6.08 Å². The Labute approximate surface area is 145 Å². The molecule has 25 heavy (non-hydrogen) atoms. The molecule has 0 aliphatic rings. The van der Waals surface area contributed by atoms with Crippen LogP contribution in [0.5, 0.6) is 11.5 Å². The number of rotatable bonds is 7. The minimum Gasteiger partial charge on any atom is -0.493 e. The van der Waals surface area contributed by atoms with Crippen molar-refractivity contribution in [1.29, 1.82) is 0 Å². The lowest BCUT2D eigenvalue weighted by Crippen LogP contribution is -2.08. The molecule has 0 heterocycles. The van der Waals surface area contributed by atoms with Crippen molar-refractivity contribution in [2.75, 3.05) is 19.0 Å². The van der Waals surface area contributed by atoms with Gasteiger partial charge in [-0.1, -0.05) is 6.07 Å². The van der Waals surface area contributed by atoms with Crippen LogP contribution in [0.4, 0.5) is 5.69 Å². The summed E-state index contributed by atoms with van der Waals surface area (Å²) in [5.74, 6) is -0.100. The number of benzene rings is 2. The Morgan fingerprint density at radius 2 is 1.84 bits per heavy atom. The lowest BCUT2D eigenvalue weighted by molar-refractivity contribution is -0.111. The van der Waals surface area contributed by atoms with Gasteiger partial charge in [-0.25, -0.2) is 4.79 Å². The maximum Gasteiger partial charge on any atom is 0.335 e. The molecule has 0 radical (unpaired) electrons. The van der Waals surface area contributed by atoms with Crippen molar-refractivity contribution < 1.29 is 24.2 Å². The van der Waals surface area contributed by atoms with E-state index in [0.29, 0.717) is 23.8 Å². The van der Waals surface area contributed by atoms with Crippen molar-refractivity contribution in [3.8, 4) is 11.5 Å². The van der Waals surface area contributed by atoms with Crippen LogP contribution in [0, 0.1) is 0 Å². The first-order valence-electron chi connectivity index (χ1n) is 7.66. The van der Waals surface area contributed by atoms with Gasteiger partial charge in [0.25, 0.3) is 0 Å². The fourth-order valence-corrected chi connectivity index (χ4v) is 2.11. The van der Waals surface area contributed by atoms with E-state index in [2.05, 4.69) is 5.32 Å². The highest BCUT2D eigenvalue weighted by Gasteiger charge is 2.05. The number of aromatic carboxylic acids is 1. The van der Waals surface area contributed by atoms with E-state index in [0.717, 1.165) is 5.56 Å². The molecule has 2 aromatic rings. The first-order valence-corrected chi connectivity index (χ1v) is 7.66. The van der Waals surface area contributed by atoms with Crippen molar-refractivity contribution in [2.45, 2.75) is 6.92 Å². The Bertz CT molecular complexity index is 781. The van der Waals surface area contributed by atoms with Gasteiger partial charge in [0, 0.05) is 11.8 Å². The molecule has 0 spiro atoms. The van der Waals surface area contributed by atoms with Crippen LogP contribution < -0.4 is 14.8 Å². The van der Waals surface area contributed by atoms with E-state index in [1.54, 1.807) is 25.3 Å². The minimum atomic E-state index is -1.01. The summed E-state index contributed by atoms with van der Waals surface area (Å²) < 4.78 is 10.7. The summed E-state index contributed by atoms with van der Waals surface area (Å²) in [6.07, 6.45) is 3.04. The van der Waals surface area contributed by atoms with Gasteiger partial charge < -0.3 is 19.9 Å². The zero-order valence-electron chi connectivity index (χ0n) is 14.0. The van der Waals surface area contributed by atoms with Crippen LogP contribution in [0.3, 0.4) is 0 Å². The Hall–Kier alpha value is -3.28. The van der Waals surface area contributed by atoms with E-state index < -0.39 is 5.97 Å². The van der Waals surface area contributed by atoms with Crippen molar-refractivity contribution in [1.82, 2.24) is 0 Å². The number of nitrogens with one attached hydrogen (secondary N) is 1. The van der Waals surface area contributed by atoms with Crippen LogP contribution in [0.2, 0.25) is 0 Å². The highest BCUT2D eigenvalue weighted by molar-refractivity contribution is 6.02. The number of carboxylic acids is 1. The van der Waals surface area contributed by atoms with Crippen molar-refractivity contribution in [3.63, 3.8) is 0 Å². The number of ether oxygens (including phenoxy) is 2. The van der Waals surface area contributed by atoms with E-state index in [1.807, 2.05) is 13.0 Å². The molecule has 0 aromatic heterocycles. The third kappa shape index (κ3) is 5.10. The first kappa shape index (κ1) is 18.1. The van der Waals surface area contributed by atoms with Crippen LogP contribution in [0.1, 0.15) is 22.8 Å². The summed E-state index contributed by atoms with van der Waals surface area (Å²) >= 11 is 0. The van der Waals surface area contributed by atoms with Crippen molar-refractivity contribution >= 4 is 23.6 Å². The van der Waals surface area contributed by atoms with Gasteiger partial charge in [0.05, 0.1) is 19.3 Å². The largest absolute Gasteiger partial charge is 0.493 e. The zero-order valence-corrected chi connectivity index (χ0v) is 14.0. The number of carbonyl (C=O) groups is 2. The van der Waals surface area contributed by atoms with E-state index in [1.165, 1.54) is 30.3 Å². The minimum absolute atomic E-state index is 0.162. The standard InChI is InChI=1S/C19H19NO5/c1-3-25-16-10-4-13(12-17(16)24-2)5-11-18(21)20-15-8-6-14(7-9-15)19(22)23/h4-12H,3H2,1-2H3,(H,20,21)(H,22,23). The fourth-order valence-electron chi connectivity index (χ4n) is 2.11. The van der Waals surface area contributed by atoms with Gasteiger partial charge in [-0.15, -0.1) is 0 Å². The molecule has 2 N–H and O–H groups in total. The van der Waals surface area contributed by atoms with E-state index in [-0.39, 0.29) is 11.5 Å². The molecule has 0 aliphatic heterocycles. The van der Waals surface area contributed by atoms with Crippen molar-refractivity contribution in [3.05, 3.63) is 59.7 Å². The quantitative estimate of drug-likeness (QED) is 0.754. The zero-order chi connectivity index (χ0) is 18.2. The summed E-state index contributed by atoms with van der Waals surface area (Å²) in [7, 11) is 1.55. The molecule has 0 saturated heterocycles. The van der Waals surface area contributed by atoms with Crippen LogP contribution in [0.15, 0.2) is 48.5 Å². The molecule has 6 heteroatoms. The number of carbonyl (C=O) groups excluding carboxylic acids is 1. The number of anilines is 1. The van der Waals surface area contributed by atoms with Crippen LogP contribution in [-0.2, 0) is 4.79 Å². The fraction of sp³-hybridized carbons (Fsp3) is 0.158. The van der Waals surface area contributed by atoms with Gasteiger partial charge in [0.2, 0.25) is 5.91 Å². The normalized spacial score (nSPS) is 10.5. The van der Waals surface area contributed by atoms with Crippen LogP contribution in [-0.4, -0.2) is 30.7 Å². The molecular formula is C19H19NO5. The second-order valence-corrected chi connectivity index (χ2v) is 5.05. The Morgan fingerprint density at radius 1 is 1.12 bits per heavy atom. The maximum atomic E-state index is 12.0. The average Bonchev–Trinajstić information content (AvgIpc) is 2.61. The number of hydrogen-bond donors (Lipinski definition) is 2. The third-order valence-corrected chi connectivity index (χ3v) is 3.31. The third-order valence-electron chi connectivity index (χ3n) is 3.31. The molecule has 2 aromatic carbocycles. The molecule has 0 saturated carbocycles. The molecule has 0 atom stereocenters. The molecule has 0 aliphatic carbocycles. The summed E-state index contributed by atoms with van der Waals surface area (Å²) in [5, 5.41) is 11.5. The van der Waals surface area contributed by atoms with Gasteiger partial charge >= 0.3 is 5.97 Å². The van der Waals surface area contributed by atoms with E-state index in [4.69, 9.17) is 14.6 Å². The molecule has 1 amide bonds. The lowest BCUT2D eigenvalue weighted by Gasteiger charge is -2.09. The molecule has 0 fully saturated rings. The summed E-state index contributed by atoms with van der Waals surface area (Å²) in [4.78, 5) is 22.8. The second kappa shape index (κ2) is 8.54. The molecule has 2 rings (SSSR count). The molecular weight excluding hydrogens is 322 g/mol. The monoisotopic (exact) mass is 341 g/mol. The summed E-state index contributed by atoms with van der Waals surface area (Å²) in [6.45, 7) is 2.43. The van der Waals surface area contributed by atoms with E-state index in [9.17, 15) is 9.59 Å². The number of hydrogen-bond acceptors (Lipinski definition) is 4. The highest BCUT2D eigenvalue weighted by Crippen LogP contribution is 2.28. The predicted molar refractivity (Wildman–Crippen MR) is 95.2 cm³/mol. The Morgan fingerprint density at radius 3 is 2.44 bits per heavy atom. The molecule has 0 unspecified atom stereocenters. The molecule has 130 valence electrons. The topological polar surface area (TPSA) is 84.9 Å². The first-order chi connectivity index (χ1) is 12.0. The van der Waals surface area contributed by atoms with Gasteiger partial charge in [-0.2, -0.15) is 0 Å². The molecule has 0 bridgehead atoms. The van der Waals surface area contributed by atoms with Gasteiger partial charge in [-0.3, -0.25) is 4.79 Å². The highest BCUT2D eigenvalue weighted by atomic mass is 16.5. The predicted octanol–water partition coefficient (Wildman–Crippen LogP) is 3.44. The maximum absolute atomic E-state index is 12.0. The summed E-state index contributed by atoms with van der Waals surface area (Å²) in [6, 6.07) is 11.3. The van der Waals surface area contributed by atoms with Gasteiger partial charge in [0.15, 0.2) is 11.5 Å². The second-order valence-electron chi connectivity index (χ2n) is 5.05. The lowest BCUT2D eigenvalue weighted by atomic mass is 10.2. The van der Waals surface area contributed by atoms with E-state index >= 15 is 0 Å². The number of carboxylic acid groups (broad SMARTS) is 1. The SMILES string of the molecule is CCOc1ccc(C=CC(=O)Nc2ccc(C(=O)O)cc2)cc1OC. The Balaban J connectivity index is 2.03. The van der Waals surface area contributed by atoms with Gasteiger partial charge in [-0.05, 0) is 55.0 Å². The van der Waals surface area contributed by atoms with Gasteiger partial charge in [0.1, 0.15) is 0 Å². The smallest absolute Gasteiger partial charge is 0.335 e. The number of amides is 1. The number of methoxy groups -OCH3 is 1. The van der Waals surface area contributed by atoms with Crippen molar-refractivity contribution in [2.24, 2.45) is 0 Å². The van der Waals surface area contributed by atoms with Crippen LogP contribution >= 0.6 is 0 Å².